The van der Waals surface area contributed by atoms with Gasteiger partial charge in [-0.3, -0.25) is 4.79 Å². The second kappa shape index (κ2) is 9.13. The second-order valence-corrected chi connectivity index (χ2v) is 9.13. The molecule has 162 valence electrons. The average Bonchev–Trinajstić information content (AvgIpc) is 2.86. The van der Waals surface area contributed by atoms with Crippen LogP contribution in [0, 0.1) is 6.92 Å². The third-order valence-corrected chi connectivity index (χ3v) is 6.84. The Hall–Kier alpha value is -2.46. The maximum absolute atomic E-state index is 13.0. The van der Waals surface area contributed by atoms with Gasteiger partial charge in [0.05, 0.1) is 26.9 Å². The summed E-state index contributed by atoms with van der Waals surface area (Å²) in [7, 11) is -0.872. The number of aryl methyl sites for hydroxylation is 1. The van der Waals surface area contributed by atoms with E-state index in [1.165, 1.54) is 31.3 Å². The van der Waals surface area contributed by atoms with Crippen LogP contribution in [0.3, 0.4) is 0 Å². The molecule has 1 aliphatic rings. The molecule has 2 unspecified atom stereocenters. The van der Waals surface area contributed by atoms with Crippen LogP contribution in [0.1, 0.15) is 11.1 Å². The SMILES string of the molecule is COc1cccc(CN2CC(O)CN([S+](=O)([O-])c3ccc(C)cc3)CC2=O)c1OC. The molecule has 1 N–H and O–H groups in total. The molecular weight excluding hydrogens is 408 g/mol. The van der Waals surface area contributed by atoms with E-state index in [1.54, 1.807) is 30.3 Å². The Kier molecular flexibility index (Phi) is 6.77. The number of amides is 1. The molecule has 0 aromatic heterocycles. The van der Waals surface area contributed by atoms with Gasteiger partial charge in [-0.25, -0.2) is 0 Å². The molecule has 0 aliphatic carbocycles. The van der Waals surface area contributed by atoms with E-state index in [4.69, 9.17) is 9.47 Å². The molecular formula is C21H26N2O6S. The number of carbonyl (C=O) groups excluding carboxylic acids is 1. The van der Waals surface area contributed by atoms with Gasteiger partial charge in [-0.2, -0.15) is 0 Å². The quantitative estimate of drug-likeness (QED) is 0.693. The molecule has 8 nitrogen and oxygen atoms in total. The van der Waals surface area contributed by atoms with Gasteiger partial charge in [0.1, 0.15) is 6.54 Å². The zero-order valence-electron chi connectivity index (χ0n) is 17.2. The molecule has 1 heterocycles. The smallest absolute Gasteiger partial charge is 0.241 e. The first-order valence-corrected chi connectivity index (χ1v) is 10.9. The van der Waals surface area contributed by atoms with Gasteiger partial charge in [-0.1, -0.05) is 34.0 Å². The van der Waals surface area contributed by atoms with Crippen LogP contribution in [0.4, 0.5) is 0 Å². The lowest BCUT2D eigenvalue weighted by Gasteiger charge is -2.26. The molecule has 2 atom stereocenters. The summed E-state index contributed by atoms with van der Waals surface area (Å²) in [4.78, 5) is 14.4. The number of aliphatic hydroxyl groups excluding tert-OH is 1. The minimum Gasteiger partial charge on any atom is -0.593 e. The Labute approximate surface area is 177 Å². The number of carbonyl (C=O) groups is 1. The summed E-state index contributed by atoms with van der Waals surface area (Å²) >= 11 is 0. The van der Waals surface area contributed by atoms with Crippen LogP contribution in [0.5, 0.6) is 11.5 Å². The molecule has 1 fully saturated rings. The van der Waals surface area contributed by atoms with Crippen LogP contribution in [0.15, 0.2) is 47.4 Å². The number of ether oxygens (including phenoxy) is 2. The Morgan fingerprint density at radius 3 is 2.47 bits per heavy atom. The summed E-state index contributed by atoms with van der Waals surface area (Å²) in [6, 6.07) is 11.7. The molecule has 0 spiro atoms. The minimum absolute atomic E-state index is 0.0130. The third kappa shape index (κ3) is 4.65. The van der Waals surface area contributed by atoms with E-state index in [1.807, 2.05) is 6.92 Å². The van der Waals surface area contributed by atoms with Crippen molar-refractivity contribution in [2.45, 2.75) is 24.5 Å². The van der Waals surface area contributed by atoms with Crippen molar-refractivity contribution < 1.29 is 28.1 Å². The fraction of sp³-hybridized carbons (Fsp3) is 0.381. The molecule has 0 radical (unpaired) electrons. The Morgan fingerprint density at radius 1 is 1.13 bits per heavy atom. The lowest BCUT2D eigenvalue weighted by atomic mass is 10.1. The number of β-amino-alcohol motifs (C(OH)–C–C–N with tert-alkyl or cyclic N) is 1. The monoisotopic (exact) mass is 434 g/mol. The van der Waals surface area contributed by atoms with Gasteiger partial charge in [0, 0.05) is 18.7 Å². The lowest BCUT2D eigenvalue weighted by molar-refractivity contribution is -0.131. The largest absolute Gasteiger partial charge is 0.593 e. The molecule has 0 bridgehead atoms. The zero-order valence-corrected chi connectivity index (χ0v) is 18.1. The minimum atomic E-state index is -3.91. The lowest BCUT2D eigenvalue weighted by Crippen LogP contribution is -2.42. The Bertz CT molecular complexity index is 949. The van der Waals surface area contributed by atoms with Crippen LogP contribution in [-0.4, -0.2) is 64.7 Å². The molecule has 3 rings (SSSR count). The maximum Gasteiger partial charge on any atom is 0.241 e. The van der Waals surface area contributed by atoms with Crippen molar-refractivity contribution in [3.05, 3.63) is 53.6 Å². The number of hydrogen-bond donors (Lipinski definition) is 1. The van der Waals surface area contributed by atoms with Gasteiger partial charge in [0.25, 0.3) is 0 Å². The summed E-state index contributed by atoms with van der Waals surface area (Å²) < 4.78 is 37.7. The molecule has 9 heteroatoms. The van der Waals surface area contributed by atoms with E-state index in [9.17, 15) is 18.7 Å². The normalized spacial score (nSPS) is 19.8. The number of rotatable bonds is 6. The van der Waals surface area contributed by atoms with Crippen molar-refractivity contribution >= 4 is 16.3 Å². The first kappa shape index (κ1) is 22.2. The number of para-hydroxylation sites is 1. The summed E-state index contributed by atoms with van der Waals surface area (Å²) in [5.41, 5.74) is 1.63. The summed E-state index contributed by atoms with van der Waals surface area (Å²) in [5.74, 6) is 0.629. The fourth-order valence-corrected chi connectivity index (χ4v) is 4.87. The van der Waals surface area contributed by atoms with Crippen LogP contribution in [0.25, 0.3) is 0 Å². The van der Waals surface area contributed by atoms with Gasteiger partial charge in [0.15, 0.2) is 26.8 Å². The van der Waals surface area contributed by atoms with Crippen LogP contribution in [0.2, 0.25) is 0 Å². The zero-order chi connectivity index (χ0) is 21.9. The summed E-state index contributed by atoms with van der Waals surface area (Å²) in [5, 5.41) is 10.5. The molecule has 2 aromatic rings. The van der Waals surface area contributed by atoms with Gasteiger partial charge in [-0.15, -0.1) is 4.31 Å². The van der Waals surface area contributed by atoms with Crippen LogP contribution < -0.4 is 9.47 Å². The van der Waals surface area contributed by atoms with Crippen molar-refractivity contribution in [1.29, 1.82) is 0 Å². The molecule has 0 saturated carbocycles. The summed E-state index contributed by atoms with van der Waals surface area (Å²) in [6.07, 6.45) is -1.02. The predicted octanol–water partition coefficient (Wildman–Crippen LogP) is 1.62. The van der Waals surface area contributed by atoms with E-state index in [2.05, 4.69) is 0 Å². The van der Waals surface area contributed by atoms with Gasteiger partial charge in [-0.05, 0) is 25.1 Å². The number of sulfonamides is 1. The predicted molar refractivity (Wildman–Crippen MR) is 111 cm³/mol. The number of aliphatic hydroxyl groups is 1. The fourth-order valence-electron chi connectivity index (χ4n) is 3.44. The van der Waals surface area contributed by atoms with Crippen molar-refractivity contribution in [3.8, 4) is 11.5 Å². The highest BCUT2D eigenvalue weighted by Crippen LogP contribution is 2.32. The first-order chi connectivity index (χ1) is 14.3. The van der Waals surface area contributed by atoms with Crippen molar-refractivity contribution in [2.75, 3.05) is 33.9 Å². The first-order valence-electron chi connectivity index (χ1n) is 9.48. The number of benzene rings is 2. The van der Waals surface area contributed by atoms with E-state index in [0.29, 0.717) is 17.1 Å². The molecule has 30 heavy (non-hydrogen) atoms. The highest BCUT2D eigenvalue weighted by Gasteiger charge is 2.38. The average molecular weight is 435 g/mol. The van der Waals surface area contributed by atoms with Crippen LogP contribution in [-0.2, 0) is 25.9 Å². The molecule has 1 amide bonds. The highest BCUT2D eigenvalue weighted by atomic mass is 32.3. The van der Waals surface area contributed by atoms with Crippen molar-refractivity contribution in [2.24, 2.45) is 0 Å². The van der Waals surface area contributed by atoms with E-state index >= 15 is 0 Å². The van der Waals surface area contributed by atoms with Crippen molar-refractivity contribution in [3.63, 3.8) is 0 Å². The van der Waals surface area contributed by atoms with Crippen LogP contribution >= 0.6 is 0 Å². The molecule has 1 aliphatic heterocycles. The standard InChI is InChI=1S/C21H26N2O6S/c1-15-7-9-18(10-8-15)30(26,27)23-13-17(24)12-22(20(25)14-23)11-16-5-4-6-19(28-2)21(16)29-3/h4-10,17,24H,11-14H2,1-3H3. The maximum atomic E-state index is 13.0. The Morgan fingerprint density at radius 2 is 1.83 bits per heavy atom. The second-order valence-electron chi connectivity index (χ2n) is 7.19. The van der Waals surface area contributed by atoms with Crippen molar-refractivity contribution in [1.82, 2.24) is 9.21 Å². The van der Waals surface area contributed by atoms with Gasteiger partial charge < -0.3 is 24.0 Å². The number of hydrogen-bond acceptors (Lipinski definition) is 6. The Balaban J connectivity index is 1.83. The van der Waals surface area contributed by atoms with E-state index < -0.39 is 22.4 Å². The molecule has 2 aromatic carbocycles. The van der Waals surface area contributed by atoms with E-state index in [0.717, 1.165) is 9.87 Å². The highest BCUT2D eigenvalue weighted by molar-refractivity contribution is 7.95. The third-order valence-electron chi connectivity index (χ3n) is 5.01. The molecule has 1 saturated heterocycles. The van der Waals surface area contributed by atoms with Gasteiger partial charge >= 0.3 is 0 Å². The number of methoxy groups -OCH3 is 2. The van der Waals surface area contributed by atoms with E-state index in [-0.39, 0.29) is 31.1 Å². The number of nitrogens with zero attached hydrogens (tertiary/aromatic N) is 2. The topological polar surface area (TPSA) is 102 Å². The summed E-state index contributed by atoms with van der Waals surface area (Å²) in [6.45, 7) is 1.53. The van der Waals surface area contributed by atoms with Gasteiger partial charge in [0.2, 0.25) is 5.91 Å².